The predicted molar refractivity (Wildman–Crippen MR) is 102 cm³/mol. The molecule has 1 fully saturated rings. The quantitative estimate of drug-likeness (QED) is 0.822. The van der Waals surface area contributed by atoms with E-state index < -0.39 is 0 Å². The fourth-order valence-electron chi connectivity index (χ4n) is 2.94. The molecule has 2 aromatic rings. The number of nitrogens with two attached hydrogens (primary N) is 1. The summed E-state index contributed by atoms with van der Waals surface area (Å²) in [6, 6.07) is 14.6. The maximum absolute atomic E-state index is 12.4. The molecule has 25 heavy (non-hydrogen) atoms. The van der Waals surface area contributed by atoms with E-state index in [-0.39, 0.29) is 30.3 Å². The molecule has 3 N–H and O–H groups in total. The average molecular weight is 360 g/mol. The highest BCUT2D eigenvalue weighted by Crippen LogP contribution is 2.25. The normalized spacial score (nSPS) is 14.8. The lowest BCUT2D eigenvalue weighted by molar-refractivity contribution is -0.117. The summed E-state index contributed by atoms with van der Waals surface area (Å²) in [5.41, 5.74) is 8.62. The number of hydrogen-bond donors (Lipinski definition) is 2. The largest absolute Gasteiger partial charge is 0.398 e. The molecular weight excluding hydrogens is 338 g/mol. The van der Waals surface area contributed by atoms with Crippen molar-refractivity contribution in [3.05, 3.63) is 59.7 Å². The zero-order chi connectivity index (χ0) is 17.1. The highest BCUT2D eigenvalue weighted by molar-refractivity contribution is 5.99. The second-order valence-corrected chi connectivity index (χ2v) is 6.03. The van der Waals surface area contributed by atoms with Gasteiger partial charge in [-0.2, -0.15) is 0 Å². The van der Waals surface area contributed by atoms with Crippen molar-refractivity contribution in [2.24, 2.45) is 0 Å². The molecule has 1 saturated heterocycles. The molecule has 1 aliphatic rings. The molecule has 0 aliphatic carbocycles. The van der Waals surface area contributed by atoms with Crippen LogP contribution in [0.4, 0.5) is 11.4 Å². The summed E-state index contributed by atoms with van der Waals surface area (Å²) < 4.78 is 0. The number of nitrogens with zero attached hydrogens (tertiary/aromatic N) is 1. The molecule has 1 heterocycles. The molecule has 0 radical (unpaired) electrons. The van der Waals surface area contributed by atoms with Crippen molar-refractivity contribution in [3.8, 4) is 0 Å². The van der Waals surface area contributed by atoms with E-state index in [4.69, 9.17) is 5.73 Å². The summed E-state index contributed by atoms with van der Waals surface area (Å²) in [4.78, 5) is 26.1. The minimum absolute atomic E-state index is 0. The third-order valence-electron chi connectivity index (χ3n) is 4.31. The minimum atomic E-state index is -0.205. The molecule has 132 valence electrons. The van der Waals surface area contributed by atoms with Gasteiger partial charge in [0.05, 0.1) is 11.6 Å². The van der Waals surface area contributed by atoms with Gasteiger partial charge in [0.25, 0.3) is 5.91 Å². The van der Waals surface area contributed by atoms with Crippen LogP contribution in [0, 0.1) is 0 Å². The van der Waals surface area contributed by atoms with Gasteiger partial charge < -0.3 is 16.0 Å². The number of benzene rings is 2. The molecule has 2 amide bonds. The van der Waals surface area contributed by atoms with Crippen molar-refractivity contribution in [3.63, 3.8) is 0 Å². The van der Waals surface area contributed by atoms with Crippen LogP contribution in [0.5, 0.6) is 0 Å². The number of para-hydroxylation sites is 1. The monoisotopic (exact) mass is 359 g/mol. The highest BCUT2D eigenvalue weighted by atomic mass is 35.5. The highest BCUT2D eigenvalue weighted by Gasteiger charge is 2.22. The molecule has 3 rings (SSSR count). The lowest BCUT2D eigenvalue weighted by Crippen LogP contribution is -2.28. The Morgan fingerprint density at radius 1 is 1.20 bits per heavy atom. The van der Waals surface area contributed by atoms with E-state index in [1.807, 2.05) is 31.2 Å². The van der Waals surface area contributed by atoms with Crippen molar-refractivity contribution < 1.29 is 9.59 Å². The van der Waals surface area contributed by atoms with E-state index in [1.54, 1.807) is 29.2 Å². The first-order valence-electron chi connectivity index (χ1n) is 8.12. The molecule has 1 aliphatic heterocycles. The maximum Gasteiger partial charge on any atom is 0.253 e. The van der Waals surface area contributed by atoms with Crippen molar-refractivity contribution in [1.82, 2.24) is 5.32 Å². The maximum atomic E-state index is 12.4. The van der Waals surface area contributed by atoms with Gasteiger partial charge in [0.15, 0.2) is 0 Å². The van der Waals surface area contributed by atoms with Crippen molar-refractivity contribution >= 4 is 35.6 Å². The van der Waals surface area contributed by atoms with Gasteiger partial charge in [-0.1, -0.05) is 24.3 Å². The predicted octanol–water partition coefficient (Wildman–Crippen LogP) is 3.31. The van der Waals surface area contributed by atoms with Gasteiger partial charge in [0, 0.05) is 24.3 Å². The van der Waals surface area contributed by atoms with Crippen LogP contribution in [-0.4, -0.2) is 18.4 Å². The van der Waals surface area contributed by atoms with E-state index in [1.165, 1.54) is 0 Å². The smallest absolute Gasteiger partial charge is 0.253 e. The van der Waals surface area contributed by atoms with Gasteiger partial charge in [-0.25, -0.2) is 0 Å². The zero-order valence-corrected chi connectivity index (χ0v) is 14.9. The van der Waals surface area contributed by atoms with Gasteiger partial charge in [-0.05, 0) is 43.2 Å². The van der Waals surface area contributed by atoms with E-state index in [2.05, 4.69) is 5.32 Å². The second-order valence-electron chi connectivity index (χ2n) is 6.03. The SMILES string of the molecule is CC(NC(=O)c1ccccc1N)c1cccc(N2CCCC2=O)c1.Cl. The molecule has 0 aromatic heterocycles. The number of hydrogen-bond acceptors (Lipinski definition) is 3. The van der Waals surface area contributed by atoms with Gasteiger partial charge in [0.1, 0.15) is 0 Å². The van der Waals surface area contributed by atoms with E-state index in [0.717, 1.165) is 24.2 Å². The third-order valence-corrected chi connectivity index (χ3v) is 4.31. The van der Waals surface area contributed by atoms with E-state index in [0.29, 0.717) is 17.7 Å². The van der Waals surface area contributed by atoms with Crippen LogP contribution in [0.1, 0.15) is 41.7 Å². The average Bonchev–Trinajstić information content (AvgIpc) is 3.01. The number of rotatable bonds is 4. The lowest BCUT2D eigenvalue weighted by Gasteiger charge is -2.20. The first-order chi connectivity index (χ1) is 11.6. The van der Waals surface area contributed by atoms with Crippen LogP contribution in [-0.2, 0) is 4.79 Å². The molecule has 1 unspecified atom stereocenters. The number of anilines is 2. The molecule has 0 bridgehead atoms. The van der Waals surface area contributed by atoms with Crippen LogP contribution >= 0.6 is 12.4 Å². The Bertz CT molecular complexity index is 779. The van der Waals surface area contributed by atoms with E-state index >= 15 is 0 Å². The van der Waals surface area contributed by atoms with Crippen molar-refractivity contribution in [1.29, 1.82) is 0 Å². The summed E-state index contributed by atoms with van der Waals surface area (Å²) in [6.07, 6.45) is 1.49. The Hall–Kier alpha value is -2.53. The van der Waals surface area contributed by atoms with E-state index in [9.17, 15) is 9.59 Å². The van der Waals surface area contributed by atoms with Crippen molar-refractivity contribution in [2.45, 2.75) is 25.8 Å². The Balaban J connectivity index is 0.00000225. The number of nitrogen functional groups attached to an aromatic ring is 1. The first-order valence-corrected chi connectivity index (χ1v) is 8.12. The Kier molecular flexibility index (Phi) is 6.04. The Labute approximate surface area is 153 Å². The topological polar surface area (TPSA) is 75.4 Å². The number of carbonyl (C=O) groups is 2. The minimum Gasteiger partial charge on any atom is -0.398 e. The summed E-state index contributed by atoms with van der Waals surface area (Å²) in [7, 11) is 0. The number of carbonyl (C=O) groups excluding carboxylic acids is 2. The summed E-state index contributed by atoms with van der Waals surface area (Å²) >= 11 is 0. The van der Waals surface area contributed by atoms with Gasteiger partial charge in [-0.3, -0.25) is 9.59 Å². The van der Waals surface area contributed by atoms with Crippen LogP contribution in [0.15, 0.2) is 48.5 Å². The van der Waals surface area contributed by atoms with Crippen LogP contribution in [0.3, 0.4) is 0 Å². The van der Waals surface area contributed by atoms with Crippen LogP contribution < -0.4 is 16.0 Å². The number of halogens is 1. The Morgan fingerprint density at radius 3 is 2.64 bits per heavy atom. The lowest BCUT2D eigenvalue weighted by atomic mass is 10.1. The molecule has 5 nitrogen and oxygen atoms in total. The molecule has 0 saturated carbocycles. The van der Waals surface area contributed by atoms with Crippen molar-refractivity contribution in [2.75, 3.05) is 17.2 Å². The zero-order valence-electron chi connectivity index (χ0n) is 14.1. The van der Waals surface area contributed by atoms with Crippen LogP contribution in [0.25, 0.3) is 0 Å². The summed E-state index contributed by atoms with van der Waals surface area (Å²) in [6.45, 7) is 2.67. The standard InChI is InChI=1S/C19H21N3O2.ClH/c1-13(21-19(24)16-8-2-3-9-17(16)20)14-6-4-7-15(12-14)22-11-5-10-18(22)23;/h2-4,6-9,12-13H,5,10-11,20H2,1H3,(H,21,24);1H. The molecule has 2 aromatic carbocycles. The van der Waals surface area contributed by atoms with Gasteiger partial charge in [0.2, 0.25) is 5.91 Å². The molecule has 1 atom stereocenters. The molecule has 0 spiro atoms. The summed E-state index contributed by atoms with van der Waals surface area (Å²) in [5, 5.41) is 2.96. The Morgan fingerprint density at radius 2 is 1.96 bits per heavy atom. The number of nitrogens with one attached hydrogen (secondary N) is 1. The number of amides is 2. The van der Waals surface area contributed by atoms with Gasteiger partial charge >= 0.3 is 0 Å². The van der Waals surface area contributed by atoms with Gasteiger partial charge in [-0.15, -0.1) is 12.4 Å². The summed E-state index contributed by atoms with van der Waals surface area (Å²) in [5.74, 6) is -0.0517. The molecule has 6 heteroatoms. The van der Waals surface area contributed by atoms with Crippen LogP contribution in [0.2, 0.25) is 0 Å². The molecular formula is C19H22ClN3O2. The fraction of sp³-hybridized carbons (Fsp3) is 0.263. The fourth-order valence-corrected chi connectivity index (χ4v) is 2.94. The first kappa shape index (κ1) is 18.8. The third kappa shape index (κ3) is 4.12. The second kappa shape index (κ2) is 8.03.